The molecule has 0 aromatic rings. The predicted octanol–water partition coefficient (Wildman–Crippen LogP) is -0.273. The lowest BCUT2D eigenvalue weighted by Crippen LogP contribution is -2.50. The van der Waals surface area contributed by atoms with Crippen molar-refractivity contribution in [2.45, 2.75) is 19.9 Å². The van der Waals surface area contributed by atoms with E-state index in [1.54, 1.807) is 0 Å². The first-order valence-corrected chi connectivity index (χ1v) is 5.42. The van der Waals surface area contributed by atoms with Gasteiger partial charge in [-0.1, -0.05) is 13.8 Å². The van der Waals surface area contributed by atoms with Crippen LogP contribution in [-0.2, 0) is 19.1 Å². The smallest absolute Gasteiger partial charge is 0.329 e. The van der Waals surface area contributed by atoms with Crippen LogP contribution in [0.25, 0.3) is 0 Å². The molecule has 6 nitrogen and oxygen atoms in total. The minimum absolute atomic E-state index is 0.174. The molecule has 1 heterocycles. The molecule has 1 saturated carbocycles. The van der Waals surface area contributed by atoms with Crippen LogP contribution in [0.15, 0.2) is 0 Å². The van der Waals surface area contributed by atoms with Gasteiger partial charge in [0.15, 0.2) is 6.04 Å². The Morgan fingerprint density at radius 2 is 1.88 bits per heavy atom. The summed E-state index contributed by atoms with van der Waals surface area (Å²) in [6.07, 6.45) is 0. The van der Waals surface area contributed by atoms with Crippen LogP contribution in [0.1, 0.15) is 13.8 Å². The third-order valence-corrected chi connectivity index (χ3v) is 3.76. The van der Waals surface area contributed by atoms with Crippen molar-refractivity contribution in [3.63, 3.8) is 0 Å². The SMILES string of the molecule is COCC(C(=O)O)N1C(=O)C2C(C1=O)C2(C)C. The summed E-state index contributed by atoms with van der Waals surface area (Å²) >= 11 is 0. The molecule has 0 radical (unpaired) electrons. The molecule has 2 amide bonds. The number of amides is 2. The number of likely N-dealkylation sites (tertiary alicyclic amines) is 1. The molecule has 0 aromatic heterocycles. The summed E-state index contributed by atoms with van der Waals surface area (Å²) in [6, 6.07) is -1.21. The lowest BCUT2D eigenvalue weighted by Gasteiger charge is -2.25. The van der Waals surface area contributed by atoms with Gasteiger partial charge in [0.05, 0.1) is 18.4 Å². The molecule has 1 N–H and O–H groups in total. The molecule has 6 heteroatoms. The second-order valence-electron chi connectivity index (χ2n) is 5.13. The van der Waals surface area contributed by atoms with Gasteiger partial charge in [-0.05, 0) is 5.41 Å². The Hall–Kier alpha value is -1.43. The van der Waals surface area contributed by atoms with E-state index in [9.17, 15) is 14.4 Å². The number of methoxy groups -OCH3 is 1. The fourth-order valence-corrected chi connectivity index (χ4v) is 2.69. The average Bonchev–Trinajstić information content (AvgIpc) is 2.67. The number of carbonyl (C=O) groups is 3. The van der Waals surface area contributed by atoms with E-state index < -0.39 is 12.0 Å². The van der Waals surface area contributed by atoms with Gasteiger partial charge in [-0.2, -0.15) is 0 Å². The summed E-state index contributed by atoms with van der Waals surface area (Å²) in [5.41, 5.74) is -0.319. The Labute approximate surface area is 98.5 Å². The van der Waals surface area contributed by atoms with Gasteiger partial charge in [-0.3, -0.25) is 14.5 Å². The molecule has 0 aromatic carbocycles. The number of ether oxygens (including phenoxy) is 1. The van der Waals surface area contributed by atoms with Crippen LogP contribution in [-0.4, -0.2) is 47.5 Å². The van der Waals surface area contributed by atoms with E-state index in [1.165, 1.54) is 7.11 Å². The van der Waals surface area contributed by atoms with E-state index in [-0.39, 0.29) is 35.7 Å². The van der Waals surface area contributed by atoms with Crippen LogP contribution in [0.2, 0.25) is 0 Å². The molecule has 2 aliphatic rings. The number of rotatable bonds is 4. The van der Waals surface area contributed by atoms with Gasteiger partial charge in [-0.25, -0.2) is 4.79 Å². The lowest BCUT2D eigenvalue weighted by atomic mass is 10.0. The zero-order valence-corrected chi connectivity index (χ0v) is 9.97. The van der Waals surface area contributed by atoms with Crippen molar-refractivity contribution in [1.29, 1.82) is 0 Å². The maximum atomic E-state index is 12.0. The van der Waals surface area contributed by atoms with Gasteiger partial charge in [0, 0.05) is 7.11 Å². The number of hydrogen-bond acceptors (Lipinski definition) is 4. The Morgan fingerprint density at radius 1 is 1.41 bits per heavy atom. The molecule has 94 valence electrons. The number of fused-ring (bicyclic) bond motifs is 1. The largest absolute Gasteiger partial charge is 0.480 e. The van der Waals surface area contributed by atoms with Gasteiger partial charge >= 0.3 is 5.97 Å². The van der Waals surface area contributed by atoms with Gasteiger partial charge < -0.3 is 9.84 Å². The number of imide groups is 1. The molecule has 1 aliphatic carbocycles. The van der Waals surface area contributed by atoms with Crippen molar-refractivity contribution in [3.8, 4) is 0 Å². The first-order valence-electron chi connectivity index (χ1n) is 5.42. The van der Waals surface area contributed by atoms with Crippen LogP contribution in [0.3, 0.4) is 0 Å². The third kappa shape index (κ3) is 1.47. The highest BCUT2D eigenvalue weighted by atomic mass is 16.5. The monoisotopic (exact) mass is 241 g/mol. The molecule has 1 saturated heterocycles. The summed E-state index contributed by atoms with van der Waals surface area (Å²) in [7, 11) is 1.34. The summed E-state index contributed by atoms with van der Waals surface area (Å²) < 4.78 is 4.75. The highest BCUT2D eigenvalue weighted by Gasteiger charge is 2.73. The van der Waals surface area contributed by atoms with Crippen molar-refractivity contribution in [2.75, 3.05) is 13.7 Å². The lowest BCUT2D eigenvalue weighted by molar-refractivity contribution is -0.159. The van der Waals surface area contributed by atoms with E-state index >= 15 is 0 Å². The van der Waals surface area contributed by atoms with Crippen molar-refractivity contribution < 1.29 is 24.2 Å². The van der Waals surface area contributed by atoms with Gasteiger partial charge in [0.2, 0.25) is 11.8 Å². The van der Waals surface area contributed by atoms with Crippen LogP contribution >= 0.6 is 0 Å². The molecule has 0 spiro atoms. The Balaban J connectivity index is 2.22. The molecule has 17 heavy (non-hydrogen) atoms. The molecule has 3 unspecified atom stereocenters. The van der Waals surface area contributed by atoms with Crippen molar-refractivity contribution >= 4 is 17.8 Å². The fraction of sp³-hybridized carbons (Fsp3) is 0.727. The molecular weight excluding hydrogens is 226 g/mol. The molecule has 0 bridgehead atoms. The molecular formula is C11H15NO5. The second-order valence-corrected chi connectivity index (χ2v) is 5.13. The normalized spacial score (nSPS) is 31.4. The topological polar surface area (TPSA) is 83.9 Å². The highest BCUT2D eigenvalue weighted by Crippen LogP contribution is 2.63. The number of carboxylic acid groups (broad SMARTS) is 1. The zero-order valence-electron chi connectivity index (χ0n) is 9.97. The molecule has 1 aliphatic heterocycles. The molecule has 2 fully saturated rings. The summed E-state index contributed by atoms with van der Waals surface area (Å²) in [4.78, 5) is 35.8. The second kappa shape index (κ2) is 3.53. The fourth-order valence-electron chi connectivity index (χ4n) is 2.69. The average molecular weight is 241 g/mol. The predicted molar refractivity (Wildman–Crippen MR) is 55.9 cm³/mol. The molecule has 2 rings (SSSR count). The first-order chi connectivity index (χ1) is 7.84. The third-order valence-electron chi connectivity index (χ3n) is 3.76. The number of hydrogen-bond donors (Lipinski definition) is 1. The van der Waals surface area contributed by atoms with Crippen molar-refractivity contribution in [2.24, 2.45) is 17.3 Å². The van der Waals surface area contributed by atoms with Crippen LogP contribution in [0.4, 0.5) is 0 Å². The quantitative estimate of drug-likeness (QED) is 0.685. The van der Waals surface area contributed by atoms with Crippen molar-refractivity contribution in [1.82, 2.24) is 4.90 Å². The van der Waals surface area contributed by atoms with Crippen LogP contribution in [0.5, 0.6) is 0 Å². The van der Waals surface area contributed by atoms with E-state index in [1.807, 2.05) is 13.8 Å². The maximum absolute atomic E-state index is 12.0. The van der Waals surface area contributed by atoms with E-state index in [2.05, 4.69) is 0 Å². The van der Waals surface area contributed by atoms with Crippen LogP contribution < -0.4 is 0 Å². The number of piperidine rings is 1. The number of aliphatic carboxylic acids is 1. The minimum Gasteiger partial charge on any atom is -0.480 e. The number of carboxylic acids is 1. The Morgan fingerprint density at radius 3 is 2.24 bits per heavy atom. The summed E-state index contributed by atoms with van der Waals surface area (Å²) in [6.45, 7) is 3.52. The van der Waals surface area contributed by atoms with Crippen LogP contribution in [0, 0.1) is 17.3 Å². The highest BCUT2D eigenvalue weighted by molar-refractivity contribution is 6.12. The standard InChI is InChI=1S/C11H15NO5/c1-11(2)6-7(11)9(14)12(8(6)13)5(4-17-3)10(15)16/h5-7H,4H2,1-3H3,(H,15,16). The first kappa shape index (κ1) is 12.0. The summed E-state index contributed by atoms with van der Waals surface area (Å²) in [5, 5.41) is 9.01. The van der Waals surface area contributed by atoms with E-state index in [0.717, 1.165) is 4.90 Å². The Bertz CT molecular complexity index is 379. The van der Waals surface area contributed by atoms with Gasteiger partial charge in [-0.15, -0.1) is 0 Å². The van der Waals surface area contributed by atoms with E-state index in [0.29, 0.717) is 0 Å². The van der Waals surface area contributed by atoms with Gasteiger partial charge in [0.1, 0.15) is 0 Å². The maximum Gasteiger partial charge on any atom is 0.329 e. The Kier molecular flexibility index (Phi) is 2.50. The molecule has 3 atom stereocenters. The van der Waals surface area contributed by atoms with Crippen molar-refractivity contribution in [3.05, 3.63) is 0 Å². The summed E-state index contributed by atoms with van der Waals surface area (Å²) in [5.74, 6) is -2.68. The van der Waals surface area contributed by atoms with Gasteiger partial charge in [0.25, 0.3) is 0 Å². The number of nitrogens with zero attached hydrogens (tertiary/aromatic N) is 1. The van der Waals surface area contributed by atoms with E-state index in [4.69, 9.17) is 9.84 Å². The number of carbonyl (C=O) groups excluding carboxylic acids is 2. The minimum atomic E-state index is -1.22. The zero-order chi connectivity index (χ0) is 13.0.